The first-order valence-electron chi connectivity index (χ1n) is 9.83. The monoisotopic (exact) mass is 372 g/mol. The van der Waals surface area contributed by atoms with Crippen molar-refractivity contribution in [2.75, 3.05) is 18.0 Å². The summed E-state index contributed by atoms with van der Waals surface area (Å²) in [6.45, 7) is 2.10. The molecule has 28 heavy (non-hydrogen) atoms. The minimum Gasteiger partial charge on any atom is -0.448 e. The molecule has 2 heterocycles. The number of carbonyl (C=O) groups is 1. The number of pyridine rings is 1. The van der Waals surface area contributed by atoms with Crippen molar-refractivity contribution in [2.45, 2.75) is 25.4 Å². The van der Waals surface area contributed by atoms with Crippen LogP contribution in [-0.4, -0.2) is 24.0 Å². The third-order valence-electron chi connectivity index (χ3n) is 5.11. The summed E-state index contributed by atoms with van der Waals surface area (Å²) >= 11 is 0. The van der Waals surface area contributed by atoms with E-state index in [2.05, 4.69) is 9.88 Å². The summed E-state index contributed by atoms with van der Waals surface area (Å²) < 4.78 is 5.88. The number of ether oxygens (including phenoxy) is 1. The molecule has 0 spiro atoms. The Labute approximate surface area is 165 Å². The zero-order valence-electron chi connectivity index (χ0n) is 15.8. The normalized spacial score (nSPS) is 14.1. The van der Waals surface area contributed by atoms with Crippen LogP contribution in [0.25, 0.3) is 0 Å². The number of hydrogen-bond donors (Lipinski definition) is 0. The molecule has 1 aromatic heterocycles. The maximum Gasteiger partial charge on any atom is 0.357 e. The van der Waals surface area contributed by atoms with Crippen LogP contribution in [-0.2, 0) is 4.74 Å². The fraction of sp³-hybridized carbons (Fsp3) is 0.250. The highest BCUT2D eigenvalue weighted by molar-refractivity contribution is 5.87. The molecule has 1 saturated heterocycles. The minimum atomic E-state index is -0.460. The second kappa shape index (κ2) is 8.70. The van der Waals surface area contributed by atoms with Gasteiger partial charge in [-0.1, -0.05) is 60.7 Å². The number of esters is 1. The quantitative estimate of drug-likeness (QED) is 0.590. The maximum absolute atomic E-state index is 12.8. The molecule has 1 aliphatic rings. The summed E-state index contributed by atoms with van der Waals surface area (Å²) in [5.74, 6) is -0.414. The molecule has 0 N–H and O–H groups in total. The van der Waals surface area contributed by atoms with Crippen molar-refractivity contribution in [3.05, 3.63) is 95.8 Å². The number of hydrogen-bond acceptors (Lipinski definition) is 4. The first kappa shape index (κ1) is 18.2. The van der Waals surface area contributed by atoms with Crippen molar-refractivity contribution >= 4 is 11.7 Å². The lowest BCUT2D eigenvalue weighted by Gasteiger charge is -2.28. The van der Waals surface area contributed by atoms with Gasteiger partial charge in [0.15, 0.2) is 6.10 Å². The fourth-order valence-corrected chi connectivity index (χ4v) is 3.60. The predicted molar refractivity (Wildman–Crippen MR) is 110 cm³/mol. The van der Waals surface area contributed by atoms with Crippen LogP contribution in [0.5, 0.6) is 0 Å². The summed E-state index contributed by atoms with van der Waals surface area (Å²) in [6, 6.07) is 23.3. The van der Waals surface area contributed by atoms with E-state index in [0.29, 0.717) is 5.69 Å². The molecule has 4 heteroatoms. The Hall–Kier alpha value is -3.14. The second-order valence-corrected chi connectivity index (χ2v) is 7.06. The molecule has 0 amide bonds. The van der Waals surface area contributed by atoms with E-state index in [-0.39, 0.29) is 0 Å². The number of benzene rings is 2. The van der Waals surface area contributed by atoms with Gasteiger partial charge in [0.1, 0.15) is 5.69 Å². The van der Waals surface area contributed by atoms with Gasteiger partial charge in [0, 0.05) is 13.1 Å². The van der Waals surface area contributed by atoms with E-state index < -0.39 is 12.1 Å². The molecule has 0 saturated carbocycles. The lowest BCUT2D eigenvalue weighted by atomic mass is 10.0. The molecule has 1 aliphatic heterocycles. The summed E-state index contributed by atoms with van der Waals surface area (Å²) in [6.07, 6.45) is 5.02. The summed E-state index contributed by atoms with van der Waals surface area (Å²) in [5.41, 5.74) is 3.27. The maximum atomic E-state index is 12.8. The van der Waals surface area contributed by atoms with Crippen molar-refractivity contribution in [3.8, 4) is 0 Å². The molecule has 0 aliphatic carbocycles. The lowest BCUT2D eigenvalue weighted by Crippen LogP contribution is -2.29. The topological polar surface area (TPSA) is 42.4 Å². The Bertz CT molecular complexity index is 849. The van der Waals surface area contributed by atoms with E-state index in [1.54, 1.807) is 12.3 Å². The Morgan fingerprint density at radius 1 is 0.821 bits per heavy atom. The number of anilines is 1. The smallest absolute Gasteiger partial charge is 0.357 e. The molecule has 142 valence electrons. The van der Waals surface area contributed by atoms with Crippen LogP contribution in [0.3, 0.4) is 0 Å². The minimum absolute atomic E-state index is 0.331. The molecule has 3 aromatic rings. The molecule has 4 nitrogen and oxygen atoms in total. The van der Waals surface area contributed by atoms with Gasteiger partial charge in [0.2, 0.25) is 0 Å². The van der Waals surface area contributed by atoms with Gasteiger partial charge in [0.05, 0.1) is 11.9 Å². The SMILES string of the molecule is O=C(OC(c1ccccc1)c1ccccc1)c1ccc(N2CCCCC2)cn1. The molecule has 0 unspecified atom stereocenters. The van der Waals surface area contributed by atoms with E-state index >= 15 is 0 Å². The third-order valence-corrected chi connectivity index (χ3v) is 5.11. The molecule has 1 fully saturated rings. The van der Waals surface area contributed by atoms with Crippen LogP contribution in [0.1, 0.15) is 47.0 Å². The van der Waals surface area contributed by atoms with Crippen molar-refractivity contribution in [2.24, 2.45) is 0 Å². The van der Waals surface area contributed by atoms with Crippen LogP contribution in [0.2, 0.25) is 0 Å². The van der Waals surface area contributed by atoms with Gasteiger partial charge >= 0.3 is 5.97 Å². The fourth-order valence-electron chi connectivity index (χ4n) is 3.60. The van der Waals surface area contributed by atoms with E-state index in [1.165, 1.54) is 19.3 Å². The van der Waals surface area contributed by atoms with Crippen LogP contribution < -0.4 is 4.90 Å². The van der Waals surface area contributed by atoms with Crippen LogP contribution in [0.4, 0.5) is 5.69 Å². The van der Waals surface area contributed by atoms with E-state index in [4.69, 9.17) is 4.74 Å². The van der Waals surface area contributed by atoms with E-state index in [1.807, 2.05) is 66.7 Å². The van der Waals surface area contributed by atoms with Gasteiger partial charge in [-0.05, 0) is 42.5 Å². The molecule has 0 bridgehead atoms. The summed E-state index contributed by atoms with van der Waals surface area (Å²) in [5, 5.41) is 0. The molecule has 2 aromatic carbocycles. The van der Waals surface area contributed by atoms with Gasteiger partial charge in [-0.2, -0.15) is 0 Å². The average Bonchev–Trinajstić information content (AvgIpc) is 2.79. The lowest BCUT2D eigenvalue weighted by molar-refractivity contribution is 0.0371. The van der Waals surface area contributed by atoms with Gasteiger partial charge < -0.3 is 9.64 Å². The van der Waals surface area contributed by atoms with Crippen LogP contribution >= 0.6 is 0 Å². The molecule has 0 radical (unpaired) electrons. The number of aromatic nitrogens is 1. The van der Waals surface area contributed by atoms with E-state index in [9.17, 15) is 4.79 Å². The highest BCUT2D eigenvalue weighted by atomic mass is 16.5. The Morgan fingerprint density at radius 2 is 1.43 bits per heavy atom. The molecular formula is C24H24N2O2. The van der Waals surface area contributed by atoms with Gasteiger partial charge in [0.25, 0.3) is 0 Å². The highest BCUT2D eigenvalue weighted by Gasteiger charge is 2.21. The number of carbonyl (C=O) groups excluding carboxylic acids is 1. The van der Waals surface area contributed by atoms with Crippen molar-refractivity contribution in [3.63, 3.8) is 0 Å². The Kier molecular flexibility index (Phi) is 5.66. The molecule has 4 rings (SSSR count). The second-order valence-electron chi connectivity index (χ2n) is 7.06. The van der Waals surface area contributed by atoms with Gasteiger partial charge in [-0.3, -0.25) is 0 Å². The number of piperidine rings is 1. The molecular weight excluding hydrogens is 348 g/mol. The molecule has 0 atom stereocenters. The van der Waals surface area contributed by atoms with Gasteiger partial charge in [-0.15, -0.1) is 0 Å². The van der Waals surface area contributed by atoms with Gasteiger partial charge in [-0.25, -0.2) is 9.78 Å². The first-order valence-corrected chi connectivity index (χ1v) is 9.83. The number of rotatable bonds is 5. The zero-order valence-corrected chi connectivity index (χ0v) is 15.8. The Balaban J connectivity index is 1.53. The Morgan fingerprint density at radius 3 is 1.96 bits per heavy atom. The predicted octanol–water partition coefficient (Wildman–Crippen LogP) is 5.02. The first-order chi connectivity index (χ1) is 13.8. The van der Waals surface area contributed by atoms with Crippen molar-refractivity contribution in [1.29, 1.82) is 0 Å². The zero-order chi connectivity index (χ0) is 19.2. The number of nitrogens with zero attached hydrogens (tertiary/aromatic N) is 2. The summed E-state index contributed by atoms with van der Waals surface area (Å²) in [4.78, 5) is 19.5. The average molecular weight is 372 g/mol. The summed E-state index contributed by atoms with van der Waals surface area (Å²) in [7, 11) is 0. The van der Waals surface area contributed by atoms with Crippen LogP contribution in [0, 0.1) is 0 Å². The van der Waals surface area contributed by atoms with Crippen molar-refractivity contribution in [1.82, 2.24) is 4.98 Å². The van der Waals surface area contributed by atoms with Crippen LogP contribution in [0.15, 0.2) is 79.0 Å². The van der Waals surface area contributed by atoms with Crippen molar-refractivity contribution < 1.29 is 9.53 Å². The standard InChI is InChI=1S/C24H24N2O2/c27-24(22-15-14-21(18-25-22)26-16-8-3-9-17-26)28-23(19-10-4-1-5-11-19)20-12-6-2-7-13-20/h1-2,4-7,10-15,18,23H,3,8-9,16-17H2. The largest absolute Gasteiger partial charge is 0.448 e. The van der Waals surface area contributed by atoms with E-state index in [0.717, 1.165) is 29.9 Å². The third kappa shape index (κ3) is 4.22. The highest BCUT2D eigenvalue weighted by Crippen LogP contribution is 2.27.